The largest absolute Gasteiger partial charge is 0.311 e. The fourth-order valence-electron chi connectivity index (χ4n) is 1.04. The Balaban J connectivity index is 2.24. The lowest BCUT2D eigenvalue weighted by atomic mass is 10.2. The van der Waals surface area contributed by atoms with E-state index in [2.05, 4.69) is 15.3 Å². The summed E-state index contributed by atoms with van der Waals surface area (Å²) in [5, 5.41) is 6.24. The Morgan fingerprint density at radius 1 is 1.80 bits per heavy atom. The summed E-state index contributed by atoms with van der Waals surface area (Å²) in [6.45, 7) is 0.753. The molecule has 0 spiro atoms. The fraction of sp³-hybridized carbons (Fsp3) is 1.00. The average Bonchev–Trinajstić information content (AvgIpc) is 2.31. The third-order valence-corrected chi connectivity index (χ3v) is 1.53. The van der Waals surface area contributed by atoms with E-state index >= 15 is 0 Å². The maximum atomic E-state index is 12.4. The molecule has 2 atom stereocenters. The van der Waals surface area contributed by atoms with Crippen LogP contribution in [0.25, 0.3) is 10.4 Å². The highest BCUT2D eigenvalue weighted by molar-refractivity contribution is 4.82. The molecule has 0 aromatic heterocycles. The lowest BCUT2D eigenvalue weighted by Gasteiger charge is -2.02. The molecule has 1 heterocycles. The second kappa shape index (κ2) is 3.39. The molecule has 1 N–H and O–H groups in total. The van der Waals surface area contributed by atoms with Gasteiger partial charge in [0.25, 0.3) is 0 Å². The highest BCUT2D eigenvalue weighted by Crippen LogP contribution is 2.09. The molecule has 4 nitrogen and oxygen atoms in total. The summed E-state index contributed by atoms with van der Waals surface area (Å²) in [6.07, 6.45) is -0.294. The SMILES string of the molecule is [N-]=[N+]=NC[C@@H]1C[C@@H](F)CN1. The average molecular weight is 144 g/mol. The molecule has 1 aliphatic rings. The minimum atomic E-state index is -0.765. The maximum absolute atomic E-state index is 12.4. The first-order valence-corrected chi connectivity index (χ1v) is 3.21. The Morgan fingerprint density at radius 2 is 2.60 bits per heavy atom. The molecule has 0 aromatic rings. The first-order chi connectivity index (χ1) is 4.83. The quantitative estimate of drug-likeness (QED) is 0.350. The number of azide groups is 1. The molecule has 10 heavy (non-hydrogen) atoms. The van der Waals surface area contributed by atoms with Crippen molar-refractivity contribution < 1.29 is 4.39 Å². The van der Waals surface area contributed by atoms with Crippen LogP contribution in [0.4, 0.5) is 4.39 Å². The van der Waals surface area contributed by atoms with E-state index in [1.807, 2.05) is 0 Å². The van der Waals surface area contributed by atoms with Crippen molar-refractivity contribution in [3.05, 3.63) is 10.4 Å². The highest BCUT2D eigenvalue weighted by Gasteiger charge is 2.22. The van der Waals surface area contributed by atoms with Gasteiger partial charge in [-0.25, -0.2) is 4.39 Å². The van der Waals surface area contributed by atoms with Crippen molar-refractivity contribution >= 4 is 0 Å². The second-order valence-electron chi connectivity index (χ2n) is 2.35. The molecule has 0 unspecified atom stereocenters. The molecule has 56 valence electrons. The van der Waals surface area contributed by atoms with E-state index in [4.69, 9.17) is 5.53 Å². The molecule has 1 aliphatic heterocycles. The van der Waals surface area contributed by atoms with Crippen LogP contribution in [0.1, 0.15) is 6.42 Å². The van der Waals surface area contributed by atoms with E-state index in [9.17, 15) is 4.39 Å². The Bertz CT molecular complexity index is 154. The van der Waals surface area contributed by atoms with Gasteiger partial charge in [-0.1, -0.05) is 5.11 Å². The van der Waals surface area contributed by atoms with Crippen LogP contribution in [0.3, 0.4) is 0 Å². The monoisotopic (exact) mass is 144 g/mol. The van der Waals surface area contributed by atoms with Gasteiger partial charge in [0.2, 0.25) is 0 Å². The van der Waals surface area contributed by atoms with Gasteiger partial charge in [-0.15, -0.1) is 0 Å². The minimum absolute atomic E-state index is 0.0471. The second-order valence-corrected chi connectivity index (χ2v) is 2.35. The van der Waals surface area contributed by atoms with Crippen molar-refractivity contribution in [3.63, 3.8) is 0 Å². The molecule has 0 amide bonds. The van der Waals surface area contributed by atoms with Crippen LogP contribution in [-0.2, 0) is 0 Å². The van der Waals surface area contributed by atoms with E-state index in [1.165, 1.54) is 0 Å². The number of hydrogen-bond acceptors (Lipinski definition) is 2. The summed E-state index contributed by atoms with van der Waals surface area (Å²) >= 11 is 0. The van der Waals surface area contributed by atoms with E-state index < -0.39 is 6.17 Å². The number of alkyl halides is 1. The number of nitrogens with zero attached hydrogens (tertiary/aromatic N) is 3. The number of hydrogen-bond donors (Lipinski definition) is 1. The molecule has 0 aromatic carbocycles. The third-order valence-electron chi connectivity index (χ3n) is 1.53. The lowest BCUT2D eigenvalue weighted by molar-refractivity contribution is 0.355. The molecule has 5 heteroatoms. The van der Waals surface area contributed by atoms with Gasteiger partial charge in [-0.3, -0.25) is 0 Å². The summed E-state index contributed by atoms with van der Waals surface area (Å²) in [4.78, 5) is 2.59. The van der Waals surface area contributed by atoms with Crippen molar-refractivity contribution in [2.24, 2.45) is 5.11 Å². The molecule has 1 fully saturated rings. The molecule has 0 radical (unpaired) electrons. The highest BCUT2D eigenvalue weighted by atomic mass is 19.1. The Morgan fingerprint density at radius 3 is 3.10 bits per heavy atom. The molecular formula is C5H9FN4. The van der Waals surface area contributed by atoms with Crippen molar-refractivity contribution in [1.82, 2.24) is 5.32 Å². The summed E-state index contributed by atoms with van der Waals surface area (Å²) in [5.74, 6) is 0. The van der Waals surface area contributed by atoms with E-state index in [-0.39, 0.29) is 6.04 Å². The number of rotatable bonds is 2. The lowest BCUT2D eigenvalue weighted by Crippen LogP contribution is -2.23. The Hall–Kier alpha value is -0.800. The zero-order chi connectivity index (χ0) is 7.40. The van der Waals surface area contributed by atoms with Crippen LogP contribution in [-0.4, -0.2) is 25.3 Å². The standard InChI is InChI=1S/C5H9FN4/c6-4-1-5(8-2-4)3-9-10-7/h4-5,8H,1-3H2/t4-,5+/m1/s1. The summed E-state index contributed by atoms with van der Waals surface area (Å²) in [7, 11) is 0. The van der Waals surface area contributed by atoms with Gasteiger partial charge in [0, 0.05) is 24.0 Å². The van der Waals surface area contributed by atoms with Crippen molar-refractivity contribution in [3.8, 4) is 0 Å². The van der Waals surface area contributed by atoms with Gasteiger partial charge in [-0.2, -0.15) is 0 Å². The van der Waals surface area contributed by atoms with Gasteiger partial charge in [0.05, 0.1) is 0 Å². The normalized spacial score (nSPS) is 31.7. The predicted octanol–water partition coefficient (Wildman–Crippen LogP) is 0.997. The van der Waals surface area contributed by atoms with Gasteiger partial charge < -0.3 is 5.32 Å². The topological polar surface area (TPSA) is 60.8 Å². The zero-order valence-corrected chi connectivity index (χ0v) is 5.50. The van der Waals surface area contributed by atoms with Crippen molar-refractivity contribution in [2.75, 3.05) is 13.1 Å². The zero-order valence-electron chi connectivity index (χ0n) is 5.50. The third kappa shape index (κ3) is 1.86. The molecule has 1 saturated heterocycles. The van der Waals surface area contributed by atoms with Gasteiger partial charge in [-0.05, 0) is 12.0 Å². The first kappa shape index (κ1) is 7.31. The van der Waals surface area contributed by atoms with Crippen LogP contribution >= 0.6 is 0 Å². The fourth-order valence-corrected chi connectivity index (χ4v) is 1.04. The van der Waals surface area contributed by atoms with Gasteiger partial charge in [0.15, 0.2) is 0 Å². The van der Waals surface area contributed by atoms with Crippen LogP contribution in [0.2, 0.25) is 0 Å². The Kier molecular flexibility index (Phi) is 2.48. The van der Waals surface area contributed by atoms with Crippen LogP contribution in [0.15, 0.2) is 5.11 Å². The Labute approximate surface area is 58.0 Å². The molecule has 1 rings (SSSR count). The van der Waals surface area contributed by atoms with Gasteiger partial charge >= 0.3 is 0 Å². The number of halogens is 1. The number of nitrogens with one attached hydrogen (secondary N) is 1. The minimum Gasteiger partial charge on any atom is -0.311 e. The van der Waals surface area contributed by atoms with Crippen LogP contribution in [0.5, 0.6) is 0 Å². The van der Waals surface area contributed by atoms with E-state index in [0.717, 1.165) is 0 Å². The predicted molar refractivity (Wildman–Crippen MR) is 35.3 cm³/mol. The molecule has 0 saturated carbocycles. The van der Waals surface area contributed by atoms with E-state index in [1.54, 1.807) is 0 Å². The molecular weight excluding hydrogens is 135 g/mol. The summed E-state index contributed by atoms with van der Waals surface area (Å²) in [5.41, 5.74) is 7.93. The van der Waals surface area contributed by atoms with Gasteiger partial charge in [0.1, 0.15) is 6.17 Å². The first-order valence-electron chi connectivity index (χ1n) is 3.21. The maximum Gasteiger partial charge on any atom is 0.114 e. The van der Waals surface area contributed by atoms with Crippen molar-refractivity contribution in [1.29, 1.82) is 0 Å². The molecule has 0 aliphatic carbocycles. The van der Waals surface area contributed by atoms with Crippen LogP contribution in [0, 0.1) is 0 Å². The summed E-state index contributed by atoms with van der Waals surface area (Å²) in [6, 6.07) is 0.0471. The van der Waals surface area contributed by atoms with Crippen molar-refractivity contribution in [2.45, 2.75) is 18.6 Å². The molecule has 0 bridgehead atoms. The smallest absolute Gasteiger partial charge is 0.114 e. The summed E-state index contributed by atoms with van der Waals surface area (Å²) < 4.78 is 12.4. The van der Waals surface area contributed by atoms with E-state index in [0.29, 0.717) is 19.5 Å². The van der Waals surface area contributed by atoms with Crippen LogP contribution < -0.4 is 5.32 Å².